The molecule has 0 aliphatic carbocycles. The fourth-order valence-corrected chi connectivity index (χ4v) is 5.47. The van der Waals surface area contributed by atoms with Gasteiger partial charge in [-0.15, -0.1) is 11.3 Å². The molecule has 1 saturated heterocycles. The van der Waals surface area contributed by atoms with Gasteiger partial charge in [0.2, 0.25) is 5.91 Å². The predicted molar refractivity (Wildman–Crippen MR) is 123 cm³/mol. The number of anilines is 1. The molecule has 2 N–H and O–H groups in total. The maximum absolute atomic E-state index is 13.3. The largest absolute Gasteiger partial charge is 0.383 e. The van der Waals surface area contributed by atoms with Gasteiger partial charge in [0.1, 0.15) is 12.1 Å². The Hall–Kier alpha value is -2.22. The van der Waals surface area contributed by atoms with Gasteiger partial charge < -0.3 is 10.6 Å². The Bertz CT molecular complexity index is 1050. The van der Waals surface area contributed by atoms with Crippen LogP contribution < -0.4 is 5.73 Å². The molecular weight excluding hydrogens is 418 g/mol. The highest BCUT2D eigenvalue weighted by molar-refractivity contribution is 7.16. The van der Waals surface area contributed by atoms with Crippen molar-refractivity contribution in [1.29, 1.82) is 0 Å². The average molecular weight is 444 g/mol. The van der Waals surface area contributed by atoms with Gasteiger partial charge in [-0.3, -0.25) is 9.69 Å². The number of nitrogens with zero attached hydrogens (tertiary/aromatic N) is 4. The van der Waals surface area contributed by atoms with Crippen LogP contribution in [0.4, 0.5) is 5.82 Å². The number of carbonyl (C=O) groups excluding carboxylic acids is 1. The summed E-state index contributed by atoms with van der Waals surface area (Å²) in [7, 11) is 0. The SMILES string of the molecule is CC[C@H]1C(=O)N(Cc2ccc3c(N)ncnc3c2)CCN1C(C)Cc1ccc(Cl)s1. The lowest BCUT2D eigenvalue weighted by Gasteiger charge is -2.43. The van der Waals surface area contributed by atoms with E-state index >= 15 is 0 Å². The topological polar surface area (TPSA) is 75.3 Å². The van der Waals surface area contributed by atoms with Crippen LogP contribution in [0.15, 0.2) is 36.7 Å². The highest BCUT2D eigenvalue weighted by Gasteiger charge is 2.35. The Morgan fingerprint density at radius 3 is 2.83 bits per heavy atom. The minimum absolute atomic E-state index is 0.0948. The van der Waals surface area contributed by atoms with Crippen molar-refractivity contribution in [1.82, 2.24) is 19.8 Å². The van der Waals surface area contributed by atoms with Gasteiger partial charge in [-0.2, -0.15) is 0 Å². The third-order valence-corrected chi connectivity index (χ3v) is 7.06. The van der Waals surface area contributed by atoms with Gasteiger partial charge in [-0.25, -0.2) is 9.97 Å². The zero-order valence-corrected chi connectivity index (χ0v) is 18.8. The number of halogens is 1. The number of hydrogen-bond acceptors (Lipinski definition) is 6. The maximum Gasteiger partial charge on any atom is 0.240 e. The normalized spacial score (nSPS) is 18.8. The van der Waals surface area contributed by atoms with Gasteiger partial charge in [0.15, 0.2) is 0 Å². The molecule has 1 aliphatic heterocycles. The Morgan fingerprint density at radius 1 is 1.27 bits per heavy atom. The summed E-state index contributed by atoms with van der Waals surface area (Å²) in [5.74, 6) is 0.672. The number of nitrogen functional groups attached to an aromatic ring is 1. The van der Waals surface area contributed by atoms with Crippen molar-refractivity contribution in [2.45, 2.75) is 45.3 Å². The molecule has 1 aliphatic rings. The third-order valence-electron chi connectivity index (χ3n) is 5.81. The molecule has 1 amide bonds. The molecule has 0 saturated carbocycles. The minimum Gasteiger partial charge on any atom is -0.383 e. The molecule has 3 heterocycles. The summed E-state index contributed by atoms with van der Waals surface area (Å²) in [5, 5.41) is 0.839. The summed E-state index contributed by atoms with van der Waals surface area (Å²) in [6.07, 6.45) is 3.18. The number of piperazine rings is 1. The first-order chi connectivity index (χ1) is 14.5. The van der Waals surface area contributed by atoms with Gasteiger partial charge in [0.05, 0.1) is 15.9 Å². The molecule has 8 heteroatoms. The van der Waals surface area contributed by atoms with Crippen molar-refractivity contribution in [3.05, 3.63) is 51.4 Å². The summed E-state index contributed by atoms with van der Waals surface area (Å²) >= 11 is 7.70. The first-order valence-corrected chi connectivity index (χ1v) is 11.4. The number of aromatic nitrogens is 2. The fourth-order valence-electron chi connectivity index (χ4n) is 4.26. The van der Waals surface area contributed by atoms with Crippen molar-refractivity contribution in [2.75, 3.05) is 18.8 Å². The Kier molecular flexibility index (Phi) is 6.22. The first-order valence-electron chi connectivity index (χ1n) is 10.2. The van der Waals surface area contributed by atoms with E-state index in [2.05, 4.69) is 34.8 Å². The van der Waals surface area contributed by atoms with Gasteiger partial charge in [0, 0.05) is 35.9 Å². The smallest absolute Gasteiger partial charge is 0.240 e. The molecular formula is C22H26ClN5OS. The fraction of sp³-hybridized carbons (Fsp3) is 0.409. The second kappa shape index (κ2) is 8.88. The number of benzene rings is 1. The Balaban J connectivity index is 1.46. The number of nitrogens with two attached hydrogens (primary N) is 1. The van der Waals surface area contributed by atoms with E-state index in [1.54, 1.807) is 11.3 Å². The third kappa shape index (κ3) is 4.29. The quantitative estimate of drug-likeness (QED) is 0.623. The van der Waals surface area contributed by atoms with Crippen LogP contribution in [-0.4, -0.2) is 50.8 Å². The lowest BCUT2D eigenvalue weighted by Crippen LogP contribution is -2.59. The number of fused-ring (bicyclic) bond motifs is 1. The monoisotopic (exact) mass is 443 g/mol. The summed E-state index contributed by atoms with van der Waals surface area (Å²) in [6, 6.07) is 10.2. The summed E-state index contributed by atoms with van der Waals surface area (Å²) in [4.78, 5) is 27.2. The summed E-state index contributed by atoms with van der Waals surface area (Å²) in [6.45, 7) is 6.45. The van der Waals surface area contributed by atoms with Crippen LogP contribution in [0, 0.1) is 0 Å². The van der Waals surface area contributed by atoms with E-state index in [9.17, 15) is 4.79 Å². The number of carbonyl (C=O) groups is 1. The van der Waals surface area contributed by atoms with E-state index in [1.165, 1.54) is 11.2 Å². The van der Waals surface area contributed by atoms with Crippen molar-refractivity contribution in [3.8, 4) is 0 Å². The van der Waals surface area contributed by atoms with Crippen LogP contribution in [-0.2, 0) is 17.8 Å². The molecule has 1 fully saturated rings. The molecule has 1 aromatic carbocycles. The van der Waals surface area contributed by atoms with Gasteiger partial charge >= 0.3 is 0 Å². The maximum atomic E-state index is 13.3. The van der Waals surface area contributed by atoms with Crippen LogP contribution in [0.2, 0.25) is 4.34 Å². The minimum atomic E-state index is -0.0948. The lowest BCUT2D eigenvalue weighted by atomic mass is 10.0. The van der Waals surface area contributed by atoms with Crippen LogP contribution >= 0.6 is 22.9 Å². The van der Waals surface area contributed by atoms with E-state index in [0.717, 1.165) is 46.7 Å². The number of rotatable bonds is 6. The van der Waals surface area contributed by atoms with Crippen molar-refractivity contribution in [3.63, 3.8) is 0 Å². The second-order valence-corrected chi connectivity index (χ2v) is 9.59. The second-order valence-electron chi connectivity index (χ2n) is 7.79. The van der Waals surface area contributed by atoms with Crippen LogP contribution in [0.1, 0.15) is 30.7 Å². The molecule has 1 unspecified atom stereocenters. The molecule has 2 atom stereocenters. The van der Waals surface area contributed by atoms with Gasteiger partial charge in [-0.1, -0.05) is 24.6 Å². The van der Waals surface area contributed by atoms with E-state index in [1.807, 2.05) is 29.2 Å². The molecule has 3 aromatic rings. The van der Waals surface area contributed by atoms with Crippen LogP contribution in [0.5, 0.6) is 0 Å². The molecule has 0 bridgehead atoms. The average Bonchev–Trinajstić information content (AvgIpc) is 3.14. The zero-order valence-electron chi connectivity index (χ0n) is 17.2. The first kappa shape index (κ1) is 21.0. The van der Waals surface area contributed by atoms with Gasteiger partial charge in [0.25, 0.3) is 0 Å². The van der Waals surface area contributed by atoms with E-state index in [0.29, 0.717) is 12.4 Å². The zero-order chi connectivity index (χ0) is 21.3. The molecule has 2 aromatic heterocycles. The molecule has 4 rings (SSSR count). The standard InChI is InChI=1S/C22H26ClN5OS/c1-3-19-22(29)27(8-9-28(19)14(2)10-16-5-7-20(23)30-16)12-15-4-6-17-18(11-15)25-13-26-21(17)24/h4-7,11,13-14,19H,3,8-10,12H2,1-2H3,(H2,24,25,26)/t14?,19-/m0/s1. The molecule has 0 spiro atoms. The van der Waals surface area contributed by atoms with Crippen LogP contribution in [0.25, 0.3) is 10.9 Å². The summed E-state index contributed by atoms with van der Waals surface area (Å²) in [5.41, 5.74) is 7.78. The molecule has 0 radical (unpaired) electrons. The molecule has 30 heavy (non-hydrogen) atoms. The Morgan fingerprint density at radius 2 is 2.10 bits per heavy atom. The van der Waals surface area contributed by atoms with Crippen molar-refractivity contribution in [2.24, 2.45) is 0 Å². The molecule has 6 nitrogen and oxygen atoms in total. The number of amides is 1. The van der Waals surface area contributed by atoms with E-state index in [-0.39, 0.29) is 18.0 Å². The molecule has 158 valence electrons. The van der Waals surface area contributed by atoms with Crippen LogP contribution in [0.3, 0.4) is 0 Å². The van der Waals surface area contributed by atoms with E-state index in [4.69, 9.17) is 17.3 Å². The summed E-state index contributed by atoms with van der Waals surface area (Å²) < 4.78 is 0.813. The van der Waals surface area contributed by atoms with Gasteiger partial charge in [-0.05, 0) is 49.6 Å². The number of thiophene rings is 1. The highest BCUT2D eigenvalue weighted by Crippen LogP contribution is 2.26. The van der Waals surface area contributed by atoms with Crippen molar-refractivity contribution >= 4 is 45.6 Å². The predicted octanol–water partition coefficient (Wildman–Crippen LogP) is 3.98. The highest BCUT2D eigenvalue weighted by atomic mass is 35.5. The van der Waals surface area contributed by atoms with Crippen molar-refractivity contribution < 1.29 is 4.79 Å². The van der Waals surface area contributed by atoms with E-state index < -0.39 is 0 Å². The Labute approximate surface area is 185 Å². The number of hydrogen-bond donors (Lipinski definition) is 1. The lowest BCUT2D eigenvalue weighted by molar-refractivity contribution is -0.144.